The lowest BCUT2D eigenvalue weighted by Crippen LogP contribution is -2.10. The summed E-state index contributed by atoms with van der Waals surface area (Å²) in [6.45, 7) is 0. The van der Waals surface area contributed by atoms with E-state index in [0.29, 0.717) is 0 Å². The van der Waals surface area contributed by atoms with Crippen LogP contribution in [-0.2, 0) is 0 Å². The van der Waals surface area contributed by atoms with Crippen molar-refractivity contribution in [3.63, 3.8) is 0 Å². The average Bonchev–Trinajstić information content (AvgIpc) is 3.34. The molecule has 0 unspecified atom stereocenters. The molecule has 0 aromatic heterocycles. The molecule has 0 aliphatic heterocycles. The molecule has 0 N–H and O–H groups in total. The number of benzene rings is 11. The van der Waals surface area contributed by atoms with Crippen LogP contribution in [0.1, 0.15) is 0 Å². The van der Waals surface area contributed by atoms with Crippen LogP contribution in [0.3, 0.4) is 0 Å². The summed E-state index contributed by atoms with van der Waals surface area (Å²) in [4.78, 5) is 2.38. The Morgan fingerprint density at radius 2 is 0.623 bits per heavy atom. The average molecular weight is 776 g/mol. The SMILES string of the molecule is c1ccc(-c2cc(N(c3ccc(-c4ccc5ccccc5c4)cc3)c3ccc(-c4ccc5ccccc5c4)cc3)ccc2-c2ccc(-c3cccc4ccccc34)cc2)cc1. The van der Waals surface area contributed by atoms with E-state index >= 15 is 0 Å². The minimum atomic E-state index is 1.09. The number of anilines is 3. The van der Waals surface area contributed by atoms with E-state index in [0.717, 1.165) is 17.1 Å². The van der Waals surface area contributed by atoms with Crippen molar-refractivity contribution in [2.45, 2.75) is 0 Å². The number of hydrogen-bond donors (Lipinski definition) is 0. The summed E-state index contributed by atoms with van der Waals surface area (Å²) in [5.74, 6) is 0. The summed E-state index contributed by atoms with van der Waals surface area (Å²) in [6.07, 6.45) is 0. The highest BCUT2D eigenvalue weighted by Crippen LogP contribution is 2.42. The molecule has 0 heterocycles. The van der Waals surface area contributed by atoms with E-state index in [9.17, 15) is 0 Å². The molecule has 0 aliphatic carbocycles. The van der Waals surface area contributed by atoms with Crippen molar-refractivity contribution in [2.75, 3.05) is 4.90 Å². The fraction of sp³-hybridized carbons (Fsp3) is 0. The lowest BCUT2D eigenvalue weighted by Gasteiger charge is -2.27. The summed E-state index contributed by atoms with van der Waals surface area (Å²) in [7, 11) is 0. The molecule has 11 aromatic rings. The van der Waals surface area contributed by atoms with Crippen molar-refractivity contribution in [3.8, 4) is 55.6 Å². The first-order valence-electron chi connectivity index (χ1n) is 21.0. The second-order valence-electron chi connectivity index (χ2n) is 15.8. The maximum atomic E-state index is 2.38. The Hall–Kier alpha value is -8.00. The Balaban J connectivity index is 1.01. The van der Waals surface area contributed by atoms with E-state index < -0.39 is 0 Å². The molecule has 1 heteroatoms. The van der Waals surface area contributed by atoms with Crippen molar-refractivity contribution in [1.29, 1.82) is 0 Å². The second kappa shape index (κ2) is 15.6. The third-order valence-corrected chi connectivity index (χ3v) is 12.1. The Bertz CT molecular complexity index is 3200. The topological polar surface area (TPSA) is 3.24 Å². The molecular formula is C60H41N. The molecule has 0 aliphatic rings. The van der Waals surface area contributed by atoms with Crippen LogP contribution in [0.4, 0.5) is 17.1 Å². The van der Waals surface area contributed by atoms with Crippen molar-refractivity contribution in [1.82, 2.24) is 0 Å². The summed E-state index contributed by atoms with van der Waals surface area (Å²) >= 11 is 0. The highest BCUT2D eigenvalue weighted by atomic mass is 15.1. The molecule has 1 nitrogen and oxygen atoms in total. The molecule has 61 heavy (non-hydrogen) atoms. The number of nitrogens with zero attached hydrogens (tertiary/aromatic N) is 1. The third kappa shape index (κ3) is 7.03. The predicted octanol–water partition coefficient (Wildman–Crippen LogP) is 17.0. The predicted molar refractivity (Wildman–Crippen MR) is 261 cm³/mol. The summed E-state index contributed by atoms with van der Waals surface area (Å²) in [5.41, 5.74) is 15.3. The van der Waals surface area contributed by atoms with E-state index in [2.05, 4.69) is 254 Å². The normalized spacial score (nSPS) is 11.3. The van der Waals surface area contributed by atoms with Crippen LogP contribution in [0.25, 0.3) is 88.0 Å². The van der Waals surface area contributed by atoms with Gasteiger partial charge in [-0.3, -0.25) is 0 Å². The summed E-state index contributed by atoms with van der Waals surface area (Å²) in [6, 6.07) is 90.5. The number of fused-ring (bicyclic) bond motifs is 3. The fourth-order valence-corrected chi connectivity index (χ4v) is 8.88. The van der Waals surface area contributed by atoms with E-state index in [1.165, 1.54) is 88.0 Å². The molecule has 0 saturated heterocycles. The number of hydrogen-bond acceptors (Lipinski definition) is 1. The van der Waals surface area contributed by atoms with Crippen molar-refractivity contribution >= 4 is 49.4 Å². The van der Waals surface area contributed by atoms with E-state index in [4.69, 9.17) is 0 Å². The van der Waals surface area contributed by atoms with Crippen LogP contribution in [0, 0.1) is 0 Å². The van der Waals surface area contributed by atoms with E-state index in [1.807, 2.05) is 0 Å². The molecule has 0 bridgehead atoms. The van der Waals surface area contributed by atoms with Crippen LogP contribution in [0.2, 0.25) is 0 Å². The molecule has 11 aromatic carbocycles. The van der Waals surface area contributed by atoms with Gasteiger partial charge in [-0.2, -0.15) is 0 Å². The van der Waals surface area contributed by atoms with Crippen LogP contribution >= 0.6 is 0 Å². The molecule has 0 spiro atoms. The molecule has 0 atom stereocenters. The Kier molecular flexibility index (Phi) is 9.26. The van der Waals surface area contributed by atoms with Crippen molar-refractivity contribution < 1.29 is 0 Å². The van der Waals surface area contributed by atoms with Gasteiger partial charge in [0.2, 0.25) is 0 Å². The smallest absolute Gasteiger partial charge is 0.0468 e. The lowest BCUT2D eigenvalue weighted by atomic mass is 9.91. The zero-order valence-corrected chi connectivity index (χ0v) is 33.6. The molecular weight excluding hydrogens is 735 g/mol. The minimum absolute atomic E-state index is 1.09. The van der Waals surface area contributed by atoms with Gasteiger partial charge in [-0.1, -0.05) is 200 Å². The van der Waals surface area contributed by atoms with Crippen LogP contribution in [0.15, 0.2) is 249 Å². The zero-order valence-electron chi connectivity index (χ0n) is 33.6. The largest absolute Gasteiger partial charge is 0.310 e. The fourth-order valence-electron chi connectivity index (χ4n) is 8.88. The molecule has 11 rings (SSSR count). The van der Waals surface area contributed by atoms with Gasteiger partial charge in [-0.25, -0.2) is 0 Å². The maximum Gasteiger partial charge on any atom is 0.0468 e. The van der Waals surface area contributed by atoms with E-state index in [1.54, 1.807) is 0 Å². The summed E-state index contributed by atoms with van der Waals surface area (Å²) in [5, 5.41) is 7.51. The Morgan fingerprint density at radius 1 is 0.197 bits per heavy atom. The quantitative estimate of drug-likeness (QED) is 0.149. The first-order chi connectivity index (χ1) is 30.2. The standard InChI is InChI=1S/C60H41N/c1-2-13-47(14-3-1)60-41-56(37-38-59(60)49-25-23-48(24-26-49)58-20-10-18-46-15-8-9-19-57(46)58)61(54-33-29-44(30-34-54)52-27-21-42-11-4-6-16-50(42)39-52)55-35-31-45(32-36-55)53-28-22-43-12-5-7-17-51(43)40-53/h1-41H. The second-order valence-corrected chi connectivity index (χ2v) is 15.8. The Labute approximate surface area is 357 Å². The molecule has 0 radical (unpaired) electrons. The van der Waals surface area contributed by atoms with Gasteiger partial charge in [0.15, 0.2) is 0 Å². The van der Waals surface area contributed by atoms with Gasteiger partial charge in [0.1, 0.15) is 0 Å². The molecule has 286 valence electrons. The van der Waals surface area contributed by atoms with Crippen LogP contribution < -0.4 is 4.90 Å². The molecule has 0 amide bonds. The highest BCUT2D eigenvalue weighted by molar-refractivity contribution is 5.98. The van der Waals surface area contributed by atoms with Gasteiger partial charge in [-0.15, -0.1) is 0 Å². The first-order valence-corrected chi connectivity index (χ1v) is 21.0. The minimum Gasteiger partial charge on any atom is -0.310 e. The molecule has 0 fully saturated rings. The van der Waals surface area contributed by atoms with E-state index in [-0.39, 0.29) is 0 Å². The van der Waals surface area contributed by atoms with Gasteiger partial charge < -0.3 is 4.90 Å². The maximum absolute atomic E-state index is 2.38. The molecule has 0 saturated carbocycles. The van der Waals surface area contributed by atoms with Gasteiger partial charge in [-0.05, 0) is 136 Å². The van der Waals surface area contributed by atoms with Crippen LogP contribution in [0.5, 0.6) is 0 Å². The van der Waals surface area contributed by atoms with Gasteiger partial charge in [0.25, 0.3) is 0 Å². The van der Waals surface area contributed by atoms with Crippen molar-refractivity contribution in [2.24, 2.45) is 0 Å². The number of rotatable bonds is 8. The Morgan fingerprint density at radius 3 is 1.21 bits per heavy atom. The monoisotopic (exact) mass is 775 g/mol. The van der Waals surface area contributed by atoms with Gasteiger partial charge >= 0.3 is 0 Å². The first kappa shape index (κ1) is 36.1. The lowest BCUT2D eigenvalue weighted by molar-refractivity contribution is 1.28. The highest BCUT2D eigenvalue weighted by Gasteiger charge is 2.18. The van der Waals surface area contributed by atoms with Crippen molar-refractivity contribution in [3.05, 3.63) is 249 Å². The summed E-state index contributed by atoms with van der Waals surface area (Å²) < 4.78 is 0. The van der Waals surface area contributed by atoms with Crippen LogP contribution in [-0.4, -0.2) is 0 Å². The van der Waals surface area contributed by atoms with Gasteiger partial charge in [0.05, 0.1) is 0 Å². The third-order valence-electron chi connectivity index (χ3n) is 12.1. The van der Waals surface area contributed by atoms with Gasteiger partial charge in [0, 0.05) is 17.1 Å². The zero-order chi connectivity index (χ0) is 40.5.